The second kappa shape index (κ2) is 9.80. The molecule has 0 atom stereocenters. The van der Waals surface area contributed by atoms with Crippen LogP contribution >= 0.6 is 23.2 Å². The Labute approximate surface area is 158 Å². The average Bonchev–Trinajstić information content (AvgIpc) is 2.59. The molecule has 1 heterocycles. The first kappa shape index (κ1) is 19.8. The summed E-state index contributed by atoms with van der Waals surface area (Å²) in [6.07, 6.45) is 4.16. The Balaban J connectivity index is 1.81. The van der Waals surface area contributed by atoms with Gasteiger partial charge < -0.3 is 10.2 Å². The topological polar surface area (TPSA) is 52.7 Å². The van der Waals surface area contributed by atoms with Crippen molar-refractivity contribution in [2.45, 2.75) is 13.3 Å². The van der Waals surface area contributed by atoms with Gasteiger partial charge in [-0.25, -0.2) is 0 Å². The molecule has 136 valence electrons. The summed E-state index contributed by atoms with van der Waals surface area (Å²) in [4.78, 5) is 27.9. The van der Waals surface area contributed by atoms with Gasteiger partial charge in [-0.3, -0.25) is 14.5 Å². The van der Waals surface area contributed by atoms with Crippen LogP contribution in [0.1, 0.15) is 18.9 Å². The molecule has 1 N–H and O–H groups in total. The van der Waals surface area contributed by atoms with Gasteiger partial charge in [0.1, 0.15) is 0 Å². The van der Waals surface area contributed by atoms with Crippen LogP contribution in [0.3, 0.4) is 0 Å². The van der Waals surface area contributed by atoms with Gasteiger partial charge in [0.25, 0.3) is 0 Å². The lowest BCUT2D eigenvalue weighted by molar-refractivity contribution is -0.128. The molecule has 1 fully saturated rings. The molecular formula is C18H23Cl2N3O2. The van der Waals surface area contributed by atoms with Gasteiger partial charge in [-0.15, -0.1) is 0 Å². The van der Waals surface area contributed by atoms with E-state index in [9.17, 15) is 9.59 Å². The molecule has 1 aliphatic heterocycles. The predicted molar refractivity (Wildman–Crippen MR) is 102 cm³/mol. The molecular weight excluding hydrogens is 361 g/mol. The van der Waals surface area contributed by atoms with Gasteiger partial charge in [0.05, 0.1) is 6.54 Å². The molecule has 0 bridgehead atoms. The third-order valence-corrected chi connectivity index (χ3v) is 4.55. The number of nitrogens with zero attached hydrogens (tertiary/aromatic N) is 2. The van der Waals surface area contributed by atoms with Gasteiger partial charge in [0, 0.05) is 48.8 Å². The monoisotopic (exact) mass is 383 g/mol. The van der Waals surface area contributed by atoms with Gasteiger partial charge in [0.15, 0.2) is 0 Å². The van der Waals surface area contributed by atoms with Gasteiger partial charge in [-0.2, -0.15) is 0 Å². The third kappa shape index (κ3) is 6.34. The Hall–Kier alpha value is -1.56. The van der Waals surface area contributed by atoms with Crippen molar-refractivity contribution in [3.8, 4) is 0 Å². The van der Waals surface area contributed by atoms with Crippen LogP contribution < -0.4 is 5.32 Å². The van der Waals surface area contributed by atoms with Crippen LogP contribution in [0.2, 0.25) is 10.0 Å². The Morgan fingerprint density at radius 3 is 2.56 bits per heavy atom. The zero-order valence-corrected chi connectivity index (χ0v) is 15.8. The minimum Gasteiger partial charge on any atom is -0.355 e. The number of piperazine rings is 1. The van der Waals surface area contributed by atoms with Crippen LogP contribution in [-0.4, -0.2) is 60.9 Å². The lowest BCUT2D eigenvalue weighted by Crippen LogP contribution is -2.50. The van der Waals surface area contributed by atoms with Gasteiger partial charge in [0.2, 0.25) is 11.8 Å². The van der Waals surface area contributed by atoms with Crippen LogP contribution in [0, 0.1) is 0 Å². The van der Waals surface area contributed by atoms with Crippen molar-refractivity contribution in [1.82, 2.24) is 15.1 Å². The Morgan fingerprint density at radius 1 is 1.20 bits per heavy atom. The molecule has 0 aliphatic carbocycles. The zero-order chi connectivity index (χ0) is 18.2. The molecule has 1 saturated heterocycles. The van der Waals surface area contributed by atoms with E-state index in [2.05, 4.69) is 10.2 Å². The molecule has 1 aromatic carbocycles. The molecule has 0 spiro atoms. The Kier molecular flexibility index (Phi) is 7.75. The van der Waals surface area contributed by atoms with Crippen molar-refractivity contribution in [2.24, 2.45) is 0 Å². The van der Waals surface area contributed by atoms with E-state index in [4.69, 9.17) is 23.2 Å². The highest BCUT2D eigenvalue weighted by Crippen LogP contribution is 2.22. The summed E-state index contributed by atoms with van der Waals surface area (Å²) in [6.45, 7) is 5.72. The van der Waals surface area contributed by atoms with Crippen LogP contribution in [0.15, 0.2) is 24.3 Å². The lowest BCUT2D eigenvalue weighted by Gasteiger charge is -2.33. The molecule has 0 radical (unpaired) electrons. The van der Waals surface area contributed by atoms with E-state index in [0.29, 0.717) is 49.3 Å². The summed E-state index contributed by atoms with van der Waals surface area (Å²) >= 11 is 12.0. The number of halogens is 2. The molecule has 1 aliphatic rings. The van der Waals surface area contributed by atoms with E-state index in [-0.39, 0.29) is 11.8 Å². The van der Waals surface area contributed by atoms with Crippen molar-refractivity contribution in [3.05, 3.63) is 39.9 Å². The summed E-state index contributed by atoms with van der Waals surface area (Å²) in [5, 5.41) is 3.94. The lowest BCUT2D eigenvalue weighted by atomic mass is 10.2. The number of nitrogens with one attached hydrogen (secondary N) is 1. The highest BCUT2D eigenvalue weighted by Gasteiger charge is 2.21. The van der Waals surface area contributed by atoms with Gasteiger partial charge in [-0.1, -0.05) is 36.2 Å². The summed E-state index contributed by atoms with van der Waals surface area (Å²) in [5.41, 5.74) is 0.755. The summed E-state index contributed by atoms with van der Waals surface area (Å²) < 4.78 is 0. The highest BCUT2D eigenvalue weighted by molar-refractivity contribution is 6.35. The molecule has 0 aromatic heterocycles. The standard InChI is InChI=1S/C18H23Cl2N3O2/c1-2-7-21-17(24)13-22-8-10-23(11-9-22)18(25)6-4-14-3-5-15(19)12-16(14)20/h3-6,12H,2,7-11,13H2,1H3,(H,21,24)/b6-4+. The number of rotatable bonds is 6. The minimum atomic E-state index is -0.0545. The summed E-state index contributed by atoms with van der Waals surface area (Å²) in [7, 11) is 0. The molecule has 0 saturated carbocycles. The fourth-order valence-electron chi connectivity index (χ4n) is 2.55. The number of carbonyl (C=O) groups is 2. The summed E-state index contributed by atoms with van der Waals surface area (Å²) in [5.74, 6) is -0.0139. The van der Waals surface area contributed by atoms with Gasteiger partial charge >= 0.3 is 0 Å². The minimum absolute atomic E-state index is 0.0407. The fourth-order valence-corrected chi connectivity index (χ4v) is 3.02. The second-order valence-electron chi connectivity index (χ2n) is 5.95. The van der Waals surface area contributed by atoms with Crippen molar-refractivity contribution >= 4 is 41.1 Å². The van der Waals surface area contributed by atoms with Crippen molar-refractivity contribution in [2.75, 3.05) is 39.3 Å². The third-order valence-electron chi connectivity index (χ3n) is 3.99. The first-order valence-electron chi connectivity index (χ1n) is 8.40. The molecule has 5 nitrogen and oxygen atoms in total. The van der Waals surface area contributed by atoms with Crippen LogP contribution in [0.25, 0.3) is 6.08 Å². The maximum absolute atomic E-state index is 12.3. The molecule has 25 heavy (non-hydrogen) atoms. The quantitative estimate of drug-likeness (QED) is 0.768. The van der Waals surface area contributed by atoms with Gasteiger partial charge in [-0.05, 0) is 30.2 Å². The average molecular weight is 384 g/mol. The number of amides is 2. The Morgan fingerprint density at radius 2 is 1.92 bits per heavy atom. The number of hydrogen-bond donors (Lipinski definition) is 1. The van der Waals surface area contributed by atoms with Crippen molar-refractivity contribution < 1.29 is 9.59 Å². The first-order chi connectivity index (χ1) is 12.0. The van der Waals surface area contributed by atoms with E-state index in [1.165, 1.54) is 6.08 Å². The number of benzene rings is 1. The smallest absolute Gasteiger partial charge is 0.246 e. The molecule has 7 heteroatoms. The van der Waals surface area contributed by atoms with E-state index in [1.54, 1.807) is 29.2 Å². The predicted octanol–water partition coefficient (Wildman–Crippen LogP) is 2.68. The molecule has 2 rings (SSSR count). The van der Waals surface area contributed by atoms with E-state index in [0.717, 1.165) is 12.0 Å². The van der Waals surface area contributed by atoms with Crippen LogP contribution in [0.4, 0.5) is 0 Å². The largest absolute Gasteiger partial charge is 0.355 e. The van der Waals surface area contributed by atoms with E-state index >= 15 is 0 Å². The van der Waals surface area contributed by atoms with E-state index < -0.39 is 0 Å². The number of carbonyl (C=O) groups excluding carboxylic acids is 2. The van der Waals surface area contributed by atoms with Crippen molar-refractivity contribution in [3.63, 3.8) is 0 Å². The van der Waals surface area contributed by atoms with E-state index in [1.807, 2.05) is 6.92 Å². The molecule has 1 aromatic rings. The van der Waals surface area contributed by atoms with Crippen molar-refractivity contribution in [1.29, 1.82) is 0 Å². The molecule has 2 amide bonds. The first-order valence-corrected chi connectivity index (χ1v) is 9.16. The molecule has 0 unspecified atom stereocenters. The normalized spacial score (nSPS) is 15.6. The van der Waals surface area contributed by atoms with Crippen LogP contribution in [-0.2, 0) is 9.59 Å². The SMILES string of the molecule is CCCNC(=O)CN1CCN(C(=O)/C=C/c2ccc(Cl)cc2Cl)CC1. The Bertz CT molecular complexity index is 641. The fraction of sp³-hybridized carbons (Fsp3) is 0.444. The summed E-state index contributed by atoms with van der Waals surface area (Å²) in [6, 6.07) is 5.16. The second-order valence-corrected chi connectivity index (χ2v) is 6.79. The maximum atomic E-state index is 12.3. The number of hydrogen-bond acceptors (Lipinski definition) is 3. The maximum Gasteiger partial charge on any atom is 0.246 e. The van der Waals surface area contributed by atoms with Crippen LogP contribution in [0.5, 0.6) is 0 Å². The zero-order valence-electron chi connectivity index (χ0n) is 14.3. The highest BCUT2D eigenvalue weighted by atomic mass is 35.5.